The smallest absolute Gasteiger partial charge is 0.323 e. The fourth-order valence-corrected chi connectivity index (χ4v) is 3.13. The van der Waals surface area contributed by atoms with Gasteiger partial charge >= 0.3 is 6.03 Å². The van der Waals surface area contributed by atoms with Crippen molar-refractivity contribution in [2.45, 2.75) is 13.5 Å². The Balaban J connectivity index is 1.71. The number of benzene rings is 1. The first-order valence-electron chi connectivity index (χ1n) is 6.98. The molecule has 0 saturated heterocycles. The van der Waals surface area contributed by atoms with Gasteiger partial charge in [-0.2, -0.15) is 5.10 Å². The van der Waals surface area contributed by atoms with Crippen molar-refractivity contribution < 1.29 is 9.18 Å². The van der Waals surface area contributed by atoms with Crippen molar-refractivity contribution >= 4 is 32.7 Å². The first-order valence-corrected chi connectivity index (χ1v) is 7.80. The average molecular weight is 333 g/mol. The zero-order valence-corrected chi connectivity index (χ0v) is 13.8. The summed E-state index contributed by atoms with van der Waals surface area (Å²) in [6, 6.07) is 2.85. The van der Waals surface area contributed by atoms with E-state index >= 15 is 0 Å². The Labute approximate surface area is 136 Å². The molecule has 6 nitrogen and oxygen atoms in total. The third kappa shape index (κ3) is 3.31. The number of thiazole rings is 1. The molecule has 0 radical (unpaired) electrons. The number of hydrogen-bond donors (Lipinski definition) is 1. The molecule has 0 atom stereocenters. The molecule has 3 rings (SSSR count). The van der Waals surface area contributed by atoms with Crippen LogP contribution in [0.5, 0.6) is 0 Å². The molecule has 0 bridgehead atoms. The number of fused-ring (bicyclic) bond motifs is 1. The van der Waals surface area contributed by atoms with E-state index in [0.29, 0.717) is 22.8 Å². The second-order valence-corrected chi connectivity index (χ2v) is 6.43. The molecular formula is C15H16FN5OS. The highest BCUT2D eigenvalue weighted by Gasteiger charge is 2.14. The molecule has 23 heavy (non-hydrogen) atoms. The van der Waals surface area contributed by atoms with Gasteiger partial charge in [-0.3, -0.25) is 10.00 Å². The van der Waals surface area contributed by atoms with E-state index in [1.54, 1.807) is 30.9 Å². The van der Waals surface area contributed by atoms with Crippen LogP contribution in [0.1, 0.15) is 11.1 Å². The molecular weight excluding hydrogens is 317 g/mol. The highest BCUT2D eigenvalue weighted by atomic mass is 32.1. The molecule has 120 valence electrons. The van der Waals surface area contributed by atoms with Gasteiger partial charge in [0.25, 0.3) is 0 Å². The Morgan fingerprint density at radius 3 is 2.96 bits per heavy atom. The second kappa shape index (κ2) is 5.96. The molecule has 0 fully saturated rings. The lowest BCUT2D eigenvalue weighted by atomic mass is 10.2. The summed E-state index contributed by atoms with van der Waals surface area (Å²) in [5, 5.41) is 7.26. The highest BCUT2D eigenvalue weighted by Crippen LogP contribution is 2.28. The number of halogens is 1. The van der Waals surface area contributed by atoms with Crippen molar-refractivity contribution in [3.05, 3.63) is 41.5 Å². The number of aryl methyl sites for hydroxylation is 2. The molecule has 0 unspecified atom stereocenters. The van der Waals surface area contributed by atoms with E-state index in [0.717, 1.165) is 10.3 Å². The Morgan fingerprint density at radius 2 is 2.26 bits per heavy atom. The number of urea groups is 1. The van der Waals surface area contributed by atoms with Crippen LogP contribution in [-0.4, -0.2) is 32.7 Å². The fraction of sp³-hybridized carbons (Fsp3) is 0.267. The molecule has 2 heterocycles. The molecule has 1 N–H and O–H groups in total. The third-order valence-electron chi connectivity index (χ3n) is 3.41. The Bertz CT molecular complexity index is 833. The lowest BCUT2D eigenvalue weighted by Crippen LogP contribution is -2.30. The Morgan fingerprint density at radius 1 is 1.48 bits per heavy atom. The van der Waals surface area contributed by atoms with Crippen molar-refractivity contribution in [2.24, 2.45) is 7.05 Å². The number of amides is 2. The van der Waals surface area contributed by atoms with Gasteiger partial charge in [-0.15, -0.1) is 0 Å². The van der Waals surface area contributed by atoms with Crippen molar-refractivity contribution in [3.63, 3.8) is 0 Å². The monoisotopic (exact) mass is 333 g/mol. The van der Waals surface area contributed by atoms with E-state index in [9.17, 15) is 9.18 Å². The Hall–Kier alpha value is -2.48. The lowest BCUT2D eigenvalue weighted by Gasteiger charge is -2.15. The van der Waals surface area contributed by atoms with Crippen molar-refractivity contribution in [3.8, 4) is 0 Å². The van der Waals surface area contributed by atoms with Crippen LogP contribution in [0.2, 0.25) is 0 Å². The van der Waals surface area contributed by atoms with Gasteiger partial charge < -0.3 is 4.90 Å². The number of aromatic nitrogens is 3. The second-order valence-electron chi connectivity index (χ2n) is 5.40. The summed E-state index contributed by atoms with van der Waals surface area (Å²) in [6.45, 7) is 2.15. The van der Waals surface area contributed by atoms with Gasteiger partial charge in [0.05, 0.1) is 23.0 Å². The number of carbonyl (C=O) groups is 1. The molecule has 1 aromatic carbocycles. The van der Waals surface area contributed by atoms with E-state index in [4.69, 9.17) is 0 Å². The zero-order chi connectivity index (χ0) is 16.6. The predicted octanol–water partition coefficient (Wildman–Crippen LogP) is 3.14. The van der Waals surface area contributed by atoms with Gasteiger partial charge in [-0.1, -0.05) is 11.3 Å². The number of carbonyl (C=O) groups excluding carboxylic acids is 1. The minimum atomic E-state index is -0.297. The van der Waals surface area contributed by atoms with Gasteiger partial charge in [0.15, 0.2) is 5.13 Å². The molecule has 3 aromatic rings. The third-order valence-corrected chi connectivity index (χ3v) is 4.34. The topological polar surface area (TPSA) is 63.1 Å². The molecule has 0 spiro atoms. The van der Waals surface area contributed by atoms with Crippen LogP contribution < -0.4 is 5.32 Å². The summed E-state index contributed by atoms with van der Waals surface area (Å²) in [7, 11) is 3.52. The average Bonchev–Trinajstić information content (AvgIpc) is 3.05. The normalized spacial score (nSPS) is 11.0. The molecule has 0 saturated carbocycles. The Kier molecular flexibility index (Phi) is 3.99. The van der Waals surface area contributed by atoms with Crippen LogP contribution in [0, 0.1) is 12.7 Å². The molecule has 2 amide bonds. The maximum absolute atomic E-state index is 13.6. The lowest BCUT2D eigenvalue weighted by molar-refractivity contribution is 0.220. The first-order chi connectivity index (χ1) is 10.9. The molecule has 0 aliphatic rings. The number of rotatable bonds is 3. The summed E-state index contributed by atoms with van der Waals surface area (Å²) in [4.78, 5) is 18.0. The van der Waals surface area contributed by atoms with E-state index in [1.807, 2.05) is 13.2 Å². The van der Waals surface area contributed by atoms with Crippen LogP contribution in [0.25, 0.3) is 10.2 Å². The summed E-state index contributed by atoms with van der Waals surface area (Å²) < 4.78 is 16.1. The minimum Gasteiger partial charge on any atom is -0.323 e. The van der Waals surface area contributed by atoms with Gasteiger partial charge in [0.2, 0.25) is 0 Å². The molecule has 0 aliphatic heterocycles. The summed E-state index contributed by atoms with van der Waals surface area (Å²) in [5.74, 6) is -0.297. The van der Waals surface area contributed by atoms with Gasteiger partial charge in [0, 0.05) is 31.9 Å². The SMILES string of the molecule is Cc1cc2sc(NC(=O)N(C)Cc3cnn(C)c3)nc2cc1F. The first kappa shape index (κ1) is 15.4. The van der Waals surface area contributed by atoms with Gasteiger partial charge in [0.1, 0.15) is 5.82 Å². The maximum atomic E-state index is 13.6. The quantitative estimate of drug-likeness (QED) is 0.801. The van der Waals surface area contributed by atoms with E-state index < -0.39 is 0 Å². The molecule has 8 heteroatoms. The maximum Gasteiger partial charge on any atom is 0.323 e. The van der Waals surface area contributed by atoms with Crippen LogP contribution >= 0.6 is 11.3 Å². The van der Waals surface area contributed by atoms with E-state index in [2.05, 4.69) is 15.4 Å². The van der Waals surface area contributed by atoms with E-state index in [-0.39, 0.29) is 11.8 Å². The number of nitrogens with one attached hydrogen (secondary N) is 1. The van der Waals surface area contributed by atoms with Crippen molar-refractivity contribution in [2.75, 3.05) is 12.4 Å². The van der Waals surface area contributed by atoms with Crippen molar-refractivity contribution in [1.82, 2.24) is 19.7 Å². The molecule has 2 aromatic heterocycles. The van der Waals surface area contributed by atoms with Gasteiger partial charge in [-0.05, 0) is 18.6 Å². The van der Waals surface area contributed by atoms with Crippen LogP contribution in [0.4, 0.5) is 14.3 Å². The molecule has 0 aliphatic carbocycles. The summed E-state index contributed by atoms with van der Waals surface area (Å²) in [5.41, 5.74) is 2.04. The summed E-state index contributed by atoms with van der Waals surface area (Å²) >= 11 is 1.32. The van der Waals surface area contributed by atoms with Crippen molar-refractivity contribution in [1.29, 1.82) is 0 Å². The minimum absolute atomic E-state index is 0.273. The van der Waals surface area contributed by atoms with Crippen LogP contribution in [0.15, 0.2) is 24.5 Å². The van der Waals surface area contributed by atoms with Crippen LogP contribution in [-0.2, 0) is 13.6 Å². The van der Waals surface area contributed by atoms with Crippen LogP contribution in [0.3, 0.4) is 0 Å². The zero-order valence-electron chi connectivity index (χ0n) is 13.0. The number of nitrogens with zero attached hydrogens (tertiary/aromatic N) is 4. The predicted molar refractivity (Wildman–Crippen MR) is 88.0 cm³/mol. The highest BCUT2D eigenvalue weighted by molar-refractivity contribution is 7.22. The number of hydrogen-bond acceptors (Lipinski definition) is 4. The number of anilines is 1. The van der Waals surface area contributed by atoms with Gasteiger partial charge in [-0.25, -0.2) is 14.2 Å². The van der Waals surface area contributed by atoms with E-state index in [1.165, 1.54) is 22.3 Å². The fourth-order valence-electron chi connectivity index (χ4n) is 2.19. The summed E-state index contributed by atoms with van der Waals surface area (Å²) in [6.07, 6.45) is 3.57. The standard InChI is InChI=1S/C15H16FN5OS/c1-9-4-13-12(5-11(9)16)18-14(23-13)19-15(22)20(2)7-10-6-17-21(3)8-10/h4-6,8H,7H2,1-3H3,(H,18,19,22). The largest absolute Gasteiger partial charge is 0.323 e.